The number of pyridine rings is 1. The second-order valence-electron chi connectivity index (χ2n) is 3.36. The standard InChI is InChI=1S/C11H9N3/c1-7-13-10-6-12-9-5-3-2-4-8(9)11(10)14-7/h2-6H,1H3,(H,13,14). The molecule has 0 saturated carbocycles. The zero-order chi connectivity index (χ0) is 9.54. The molecule has 1 aromatic carbocycles. The molecule has 68 valence electrons. The predicted molar refractivity (Wildman–Crippen MR) is 56.1 cm³/mol. The molecule has 0 aliphatic rings. The summed E-state index contributed by atoms with van der Waals surface area (Å²) in [7, 11) is 0. The number of rotatable bonds is 0. The number of aryl methyl sites for hydroxylation is 1. The molecule has 3 rings (SSSR count). The quantitative estimate of drug-likeness (QED) is 0.581. The fourth-order valence-electron chi connectivity index (χ4n) is 1.74. The van der Waals surface area contributed by atoms with Gasteiger partial charge in [0.25, 0.3) is 0 Å². The zero-order valence-electron chi connectivity index (χ0n) is 7.78. The van der Waals surface area contributed by atoms with Crippen LogP contribution in [0.2, 0.25) is 0 Å². The van der Waals surface area contributed by atoms with E-state index in [2.05, 4.69) is 21.0 Å². The molecule has 0 aliphatic heterocycles. The molecule has 0 bridgehead atoms. The van der Waals surface area contributed by atoms with E-state index in [1.165, 1.54) is 0 Å². The van der Waals surface area contributed by atoms with Gasteiger partial charge in [0, 0.05) is 5.39 Å². The first-order chi connectivity index (χ1) is 6.84. The average molecular weight is 183 g/mol. The van der Waals surface area contributed by atoms with Gasteiger partial charge in [-0.1, -0.05) is 18.2 Å². The first kappa shape index (κ1) is 7.50. The van der Waals surface area contributed by atoms with Crippen LogP contribution in [-0.2, 0) is 0 Å². The van der Waals surface area contributed by atoms with Crippen molar-refractivity contribution in [3.63, 3.8) is 0 Å². The van der Waals surface area contributed by atoms with E-state index >= 15 is 0 Å². The van der Waals surface area contributed by atoms with Crippen LogP contribution in [0, 0.1) is 6.92 Å². The Morgan fingerprint density at radius 2 is 2.00 bits per heavy atom. The lowest BCUT2D eigenvalue weighted by molar-refractivity contribution is 1.17. The number of hydrogen-bond donors (Lipinski definition) is 1. The largest absolute Gasteiger partial charge is 0.342 e. The van der Waals surface area contributed by atoms with E-state index in [9.17, 15) is 0 Å². The van der Waals surface area contributed by atoms with Crippen LogP contribution in [0.25, 0.3) is 21.9 Å². The number of H-pyrrole nitrogens is 1. The maximum Gasteiger partial charge on any atom is 0.108 e. The minimum absolute atomic E-state index is 0.929. The Labute approximate surface area is 80.8 Å². The van der Waals surface area contributed by atoms with Crippen molar-refractivity contribution in [1.29, 1.82) is 0 Å². The van der Waals surface area contributed by atoms with Crippen molar-refractivity contribution in [1.82, 2.24) is 15.0 Å². The number of hydrogen-bond acceptors (Lipinski definition) is 2. The Bertz CT molecular complexity index is 610. The van der Waals surface area contributed by atoms with Crippen molar-refractivity contribution < 1.29 is 0 Å². The lowest BCUT2D eigenvalue weighted by Gasteiger charge is -1.95. The van der Waals surface area contributed by atoms with Gasteiger partial charge in [-0.05, 0) is 13.0 Å². The molecule has 0 spiro atoms. The van der Waals surface area contributed by atoms with Crippen molar-refractivity contribution in [2.24, 2.45) is 0 Å². The van der Waals surface area contributed by atoms with E-state index in [-0.39, 0.29) is 0 Å². The highest BCUT2D eigenvalue weighted by atomic mass is 14.9. The Kier molecular flexibility index (Phi) is 1.36. The normalized spacial score (nSPS) is 11.2. The zero-order valence-corrected chi connectivity index (χ0v) is 7.78. The van der Waals surface area contributed by atoms with Crippen LogP contribution in [0.3, 0.4) is 0 Å². The van der Waals surface area contributed by atoms with Crippen LogP contribution in [-0.4, -0.2) is 15.0 Å². The van der Waals surface area contributed by atoms with Crippen molar-refractivity contribution in [2.75, 3.05) is 0 Å². The van der Waals surface area contributed by atoms with Crippen LogP contribution in [0.15, 0.2) is 30.5 Å². The maximum absolute atomic E-state index is 4.35. The van der Waals surface area contributed by atoms with Gasteiger partial charge in [0.2, 0.25) is 0 Å². The minimum Gasteiger partial charge on any atom is -0.342 e. The summed E-state index contributed by atoms with van der Waals surface area (Å²) >= 11 is 0. The summed E-state index contributed by atoms with van der Waals surface area (Å²) in [5, 5.41) is 1.13. The van der Waals surface area contributed by atoms with Crippen molar-refractivity contribution in [3.05, 3.63) is 36.3 Å². The number of imidazole rings is 1. The van der Waals surface area contributed by atoms with Crippen LogP contribution < -0.4 is 0 Å². The maximum atomic E-state index is 4.35. The summed E-state index contributed by atoms with van der Waals surface area (Å²) < 4.78 is 0. The van der Waals surface area contributed by atoms with Gasteiger partial charge in [0.1, 0.15) is 11.3 Å². The number of benzene rings is 1. The molecule has 3 aromatic rings. The number of nitrogens with one attached hydrogen (secondary N) is 1. The summed E-state index contributed by atoms with van der Waals surface area (Å²) in [6.07, 6.45) is 1.81. The van der Waals surface area contributed by atoms with E-state index < -0.39 is 0 Å². The number of nitrogens with zero attached hydrogens (tertiary/aromatic N) is 2. The Morgan fingerprint density at radius 3 is 2.93 bits per heavy atom. The molecule has 2 aromatic heterocycles. The summed E-state index contributed by atoms with van der Waals surface area (Å²) in [4.78, 5) is 11.9. The molecular weight excluding hydrogens is 174 g/mol. The molecule has 0 unspecified atom stereocenters. The highest BCUT2D eigenvalue weighted by Crippen LogP contribution is 2.20. The van der Waals surface area contributed by atoms with Crippen LogP contribution >= 0.6 is 0 Å². The lowest BCUT2D eigenvalue weighted by atomic mass is 10.2. The third kappa shape index (κ3) is 0.923. The van der Waals surface area contributed by atoms with Gasteiger partial charge in [-0.2, -0.15) is 0 Å². The van der Waals surface area contributed by atoms with Crippen molar-refractivity contribution >= 4 is 21.9 Å². The number of aromatic nitrogens is 3. The Hall–Kier alpha value is -1.90. The molecule has 0 amide bonds. The Morgan fingerprint density at radius 1 is 1.14 bits per heavy atom. The fraction of sp³-hybridized carbons (Fsp3) is 0.0909. The molecule has 0 aliphatic carbocycles. The molecule has 0 atom stereocenters. The minimum atomic E-state index is 0.929. The first-order valence-electron chi connectivity index (χ1n) is 4.55. The van der Waals surface area contributed by atoms with E-state index in [0.717, 1.165) is 27.8 Å². The van der Waals surface area contributed by atoms with Gasteiger partial charge < -0.3 is 4.98 Å². The number of para-hydroxylation sites is 1. The van der Waals surface area contributed by atoms with Crippen LogP contribution in [0.4, 0.5) is 0 Å². The van der Waals surface area contributed by atoms with Gasteiger partial charge in [-0.25, -0.2) is 4.98 Å². The third-order valence-electron chi connectivity index (χ3n) is 2.35. The number of fused-ring (bicyclic) bond motifs is 3. The summed E-state index contributed by atoms with van der Waals surface area (Å²) in [6, 6.07) is 8.07. The molecule has 0 radical (unpaired) electrons. The van der Waals surface area contributed by atoms with E-state index in [1.54, 1.807) is 6.20 Å². The fourth-order valence-corrected chi connectivity index (χ4v) is 1.74. The molecule has 2 heterocycles. The summed E-state index contributed by atoms with van der Waals surface area (Å²) in [5.74, 6) is 0.929. The summed E-state index contributed by atoms with van der Waals surface area (Å²) in [5.41, 5.74) is 3.01. The monoisotopic (exact) mass is 183 g/mol. The van der Waals surface area contributed by atoms with Crippen molar-refractivity contribution in [3.8, 4) is 0 Å². The topological polar surface area (TPSA) is 41.6 Å². The van der Waals surface area contributed by atoms with E-state index in [4.69, 9.17) is 0 Å². The second kappa shape index (κ2) is 2.54. The molecule has 14 heavy (non-hydrogen) atoms. The van der Waals surface area contributed by atoms with Crippen LogP contribution in [0.1, 0.15) is 5.82 Å². The van der Waals surface area contributed by atoms with Crippen molar-refractivity contribution in [2.45, 2.75) is 6.92 Å². The molecule has 3 nitrogen and oxygen atoms in total. The molecule has 0 fully saturated rings. The average Bonchev–Trinajstić information content (AvgIpc) is 2.59. The molecule has 1 N–H and O–H groups in total. The first-order valence-corrected chi connectivity index (χ1v) is 4.55. The highest BCUT2D eigenvalue weighted by molar-refractivity contribution is 6.01. The second-order valence-corrected chi connectivity index (χ2v) is 3.36. The van der Waals surface area contributed by atoms with Gasteiger partial charge >= 0.3 is 0 Å². The Balaban J connectivity index is 2.60. The van der Waals surface area contributed by atoms with Gasteiger partial charge in [-0.15, -0.1) is 0 Å². The summed E-state index contributed by atoms with van der Waals surface area (Å²) in [6.45, 7) is 1.95. The number of aromatic amines is 1. The molecular formula is C11H9N3. The predicted octanol–water partition coefficient (Wildman–Crippen LogP) is 2.42. The highest BCUT2D eigenvalue weighted by Gasteiger charge is 2.03. The van der Waals surface area contributed by atoms with Crippen LogP contribution in [0.5, 0.6) is 0 Å². The van der Waals surface area contributed by atoms with Gasteiger partial charge in [0.15, 0.2) is 0 Å². The third-order valence-corrected chi connectivity index (χ3v) is 2.35. The SMILES string of the molecule is Cc1nc2cnc3ccccc3c2[nH]1. The van der Waals surface area contributed by atoms with Gasteiger partial charge in [0.05, 0.1) is 17.2 Å². The molecule has 3 heteroatoms. The lowest BCUT2D eigenvalue weighted by Crippen LogP contribution is -1.79. The van der Waals surface area contributed by atoms with E-state index in [1.807, 2.05) is 25.1 Å². The van der Waals surface area contributed by atoms with Gasteiger partial charge in [-0.3, -0.25) is 4.98 Å². The smallest absolute Gasteiger partial charge is 0.108 e. The van der Waals surface area contributed by atoms with E-state index in [0.29, 0.717) is 0 Å². The molecule has 0 saturated heterocycles.